The highest BCUT2D eigenvalue weighted by Crippen LogP contribution is 2.40. The Morgan fingerprint density at radius 3 is 2.50 bits per heavy atom. The van der Waals surface area contributed by atoms with Crippen molar-refractivity contribution in [2.24, 2.45) is 0 Å². The van der Waals surface area contributed by atoms with E-state index in [2.05, 4.69) is 6.92 Å². The summed E-state index contributed by atoms with van der Waals surface area (Å²) in [5.74, 6) is -0.000251. The molecule has 0 fully saturated rings. The van der Waals surface area contributed by atoms with Crippen LogP contribution in [-0.4, -0.2) is 11.7 Å². The van der Waals surface area contributed by atoms with Crippen molar-refractivity contribution in [2.45, 2.75) is 31.1 Å². The van der Waals surface area contributed by atoms with Crippen LogP contribution in [0.25, 0.3) is 0 Å². The summed E-state index contributed by atoms with van der Waals surface area (Å²) in [6, 6.07) is 17.0. The fourth-order valence-corrected chi connectivity index (χ4v) is 3.59. The Morgan fingerprint density at radius 1 is 1.08 bits per heavy atom. The molecule has 4 heteroatoms. The quantitative estimate of drug-likeness (QED) is 0.717. The van der Waals surface area contributed by atoms with Crippen LogP contribution in [-0.2, 0) is 4.79 Å². The van der Waals surface area contributed by atoms with Crippen LogP contribution in [0.1, 0.15) is 36.5 Å². The summed E-state index contributed by atoms with van der Waals surface area (Å²) in [6.07, 6.45) is 3.97. The van der Waals surface area contributed by atoms with Crippen molar-refractivity contribution in [1.29, 1.82) is 0 Å². The molecule has 2 aromatic carbocycles. The van der Waals surface area contributed by atoms with Crippen LogP contribution in [0, 0.1) is 0 Å². The fraction of sp³-hybridized carbons (Fsp3) is 0.200. The maximum Gasteiger partial charge on any atom is 0.231 e. The van der Waals surface area contributed by atoms with E-state index in [-0.39, 0.29) is 11.7 Å². The lowest BCUT2D eigenvalue weighted by Gasteiger charge is -2.19. The maximum absolute atomic E-state index is 12.6. The average Bonchev–Trinajstić information content (AvgIpc) is 2.94. The van der Waals surface area contributed by atoms with Crippen LogP contribution in [0.15, 0.2) is 70.6 Å². The normalized spacial score (nSPS) is 14.7. The van der Waals surface area contributed by atoms with Gasteiger partial charge in [-0.25, -0.2) is 0 Å². The van der Waals surface area contributed by atoms with E-state index >= 15 is 0 Å². The maximum atomic E-state index is 12.6. The molecule has 1 aliphatic rings. The van der Waals surface area contributed by atoms with Gasteiger partial charge in [-0.1, -0.05) is 55.4 Å². The van der Waals surface area contributed by atoms with Crippen molar-refractivity contribution in [2.75, 3.05) is 4.90 Å². The number of para-hydroxylation sites is 1. The van der Waals surface area contributed by atoms with Gasteiger partial charge in [0.15, 0.2) is 0 Å². The molecule has 1 amide bonds. The third-order valence-electron chi connectivity index (χ3n) is 3.87. The van der Waals surface area contributed by atoms with Gasteiger partial charge >= 0.3 is 0 Å². The molecule has 0 atom stereocenters. The lowest BCUT2D eigenvalue weighted by atomic mass is 10.1. The van der Waals surface area contributed by atoms with Crippen LogP contribution in [0.2, 0.25) is 0 Å². The first-order chi connectivity index (χ1) is 11.7. The number of allylic oxidation sites excluding steroid dienone is 1. The third kappa shape index (κ3) is 3.44. The Bertz CT molecular complexity index is 783. The molecule has 0 N–H and O–H groups in total. The van der Waals surface area contributed by atoms with Crippen LogP contribution in [0.4, 0.5) is 5.69 Å². The lowest BCUT2D eigenvalue weighted by Crippen LogP contribution is -2.25. The molecular weight excluding hydrogens is 318 g/mol. The highest BCUT2D eigenvalue weighted by Gasteiger charge is 2.27. The number of rotatable bonds is 5. The van der Waals surface area contributed by atoms with Crippen molar-refractivity contribution in [3.8, 4) is 0 Å². The number of ketones is 1. The Morgan fingerprint density at radius 2 is 1.79 bits per heavy atom. The predicted octanol–water partition coefficient (Wildman–Crippen LogP) is 5.04. The highest BCUT2D eigenvalue weighted by molar-refractivity contribution is 8.04. The number of unbranched alkanes of at least 4 members (excludes halogenated alkanes) is 1. The second-order valence-corrected chi connectivity index (χ2v) is 6.71. The van der Waals surface area contributed by atoms with E-state index < -0.39 is 0 Å². The number of Topliss-reactive ketones (excluding diaryl/α,β-unsaturated/α-hetero) is 1. The summed E-state index contributed by atoms with van der Waals surface area (Å²) in [4.78, 5) is 28.4. The Labute approximate surface area is 146 Å². The van der Waals surface area contributed by atoms with Crippen molar-refractivity contribution in [3.05, 3.63) is 71.3 Å². The summed E-state index contributed by atoms with van der Waals surface area (Å²) >= 11 is 1.43. The van der Waals surface area contributed by atoms with Crippen LogP contribution >= 0.6 is 11.8 Å². The van der Waals surface area contributed by atoms with Gasteiger partial charge in [0.1, 0.15) is 0 Å². The standard InChI is InChI=1S/C20H19NO2S/c1-2-3-13-19(22)21(15-9-5-4-6-10-15)14-18-20(23)16-11-7-8-12-17(16)24-18/h4-12,14H,2-3,13H2,1H3. The van der Waals surface area contributed by atoms with E-state index in [0.717, 1.165) is 23.4 Å². The van der Waals surface area contributed by atoms with Gasteiger partial charge in [-0.3, -0.25) is 14.5 Å². The second-order valence-electron chi connectivity index (χ2n) is 5.62. The first-order valence-corrected chi connectivity index (χ1v) is 8.93. The zero-order chi connectivity index (χ0) is 16.9. The smallest absolute Gasteiger partial charge is 0.231 e. The number of anilines is 1. The molecule has 0 aliphatic carbocycles. The molecule has 1 aliphatic heterocycles. The number of hydrogen-bond acceptors (Lipinski definition) is 3. The molecule has 24 heavy (non-hydrogen) atoms. The van der Waals surface area contributed by atoms with Crippen LogP contribution in [0.5, 0.6) is 0 Å². The highest BCUT2D eigenvalue weighted by atomic mass is 32.2. The van der Waals surface area contributed by atoms with Crippen molar-refractivity contribution in [3.63, 3.8) is 0 Å². The molecule has 3 rings (SSSR count). The van der Waals surface area contributed by atoms with Crippen molar-refractivity contribution in [1.82, 2.24) is 0 Å². The molecule has 2 aromatic rings. The number of nitrogens with zero attached hydrogens (tertiary/aromatic N) is 1. The summed E-state index contributed by atoms with van der Waals surface area (Å²) in [5, 5.41) is 0. The van der Waals surface area contributed by atoms with E-state index in [0.29, 0.717) is 16.9 Å². The zero-order valence-electron chi connectivity index (χ0n) is 13.6. The zero-order valence-corrected chi connectivity index (χ0v) is 14.4. The van der Waals surface area contributed by atoms with Gasteiger partial charge in [-0.05, 0) is 30.7 Å². The predicted molar refractivity (Wildman–Crippen MR) is 98.2 cm³/mol. The molecule has 0 aromatic heterocycles. The van der Waals surface area contributed by atoms with Gasteiger partial charge in [-0.2, -0.15) is 0 Å². The third-order valence-corrected chi connectivity index (χ3v) is 4.96. The first-order valence-electron chi connectivity index (χ1n) is 8.11. The molecule has 122 valence electrons. The topological polar surface area (TPSA) is 37.4 Å². The number of hydrogen-bond donors (Lipinski definition) is 0. The molecule has 0 bridgehead atoms. The molecule has 0 saturated carbocycles. The molecule has 0 unspecified atom stereocenters. The monoisotopic (exact) mass is 337 g/mol. The second kappa shape index (κ2) is 7.49. The van der Waals surface area contributed by atoms with Crippen LogP contribution < -0.4 is 4.90 Å². The van der Waals surface area contributed by atoms with Gasteiger partial charge in [0, 0.05) is 28.8 Å². The fourth-order valence-electron chi connectivity index (χ4n) is 2.57. The van der Waals surface area contributed by atoms with Gasteiger partial charge in [0.2, 0.25) is 11.7 Å². The largest absolute Gasteiger partial charge is 0.288 e. The average molecular weight is 337 g/mol. The molecule has 3 nitrogen and oxygen atoms in total. The summed E-state index contributed by atoms with van der Waals surface area (Å²) in [6.45, 7) is 2.06. The Hall–Kier alpha value is -2.33. The minimum Gasteiger partial charge on any atom is -0.288 e. The summed E-state index contributed by atoms with van der Waals surface area (Å²) in [5.41, 5.74) is 1.50. The summed E-state index contributed by atoms with van der Waals surface area (Å²) < 4.78 is 0. The first kappa shape index (κ1) is 16.5. The molecule has 1 heterocycles. The van der Waals surface area contributed by atoms with Gasteiger partial charge in [0.25, 0.3) is 0 Å². The van der Waals surface area contributed by atoms with Gasteiger partial charge < -0.3 is 0 Å². The number of fused-ring (bicyclic) bond motifs is 1. The van der Waals surface area contributed by atoms with Crippen molar-refractivity contribution >= 4 is 29.1 Å². The molecular formula is C20H19NO2S. The minimum atomic E-state index is -0.0141. The SMILES string of the molecule is CCCCC(=O)N(C=C1Sc2ccccc2C1=O)c1ccccc1. The van der Waals surface area contributed by atoms with Crippen molar-refractivity contribution < 1.29 is 9.59 Å². The molecule has 0 spiro atoms. The number of carbonyl (C=O) groups excluding carboxylic acids is 2. The van der Waals surface area contributed by atoms with Gasteiger partial charge in [0.05, 0.1) is 4.91 Å². The minimum absolute atomic E-state index is 0.0138. The van der Waals surface area contributed by atoms with Crippen LogP contribution in [0.3, 0.4) is 0 Å². The van der Waals surface area contributed by atoms with E-state index in [1.807, 2.05) is 54.6 Å². The van der Waals surface area contributed by atoms with Gasteiger partial charge in [-0.15, -0.1) is 0 Å². The van der Waals surface area contributed by atoms with E-state index in [4.69, 9.17) is 0 Å². The van der Waals surface area contributed by atoms with E-state index in [1.54, 1.807) is 11.1 Å². The van der Waals surface area contributed by atoms with E-state index in [9.17, 15) is 9.59 Å². The Balaban J connectivity index is 1.93. The summed E-state index contributed by atoms with van der Waals surface area (Å²) in [7, 11) is 0. The van der Waals surface area contributed by atoms with E-state index in [1.165, 1.54) is 11.8 Å². The number of thioether (sulfide) groups is 1. The molecule has 0 saturated heterocycles. The Kier molecular flexibility index (Phi) is 5.16. The molecule has 0 radical (unpaired) electrons. The number of carbonyl (C=O) groups is 2. The lowest BCUT2D eigenvalue weighted by molar-refractivity contribution is -0.118. The number of benzene rings is 2. The number of amides is 1.